The molecule has 10 nitrogen and oxygen atoms in total. The molecule has 0 aromatic heterocycles. The average molecular weight is 728 g/mol. The van der Waals surface area contributed by atoms with E-state index in [4.69, 9.17) is 6.42 Å². The number of urea groups is 1. The van der Waals surface area contributed by atoms with E-state index < -0.39 is 55.7 Å². The van der Waals surface area contributed by atoms with Crippen LogP contribution in [0.4, 0.5) is 4.79 Å². The molecule has 51 heavy (non-hydrogen) atoms. The van der Waals surface area contributed by atoms with Crippen molar-refractivity contribution in [2.75, 3.05) is 12.3 Å². The zero-order valence-electron chi connectivity index (χ0n) is 31.2. The number of rotatable bonds is 16. The first kappa shape index (κ1) is 40.8. The topological polar surface area (TPSA) is 147 Å². The molecule has 0 spiro atoms. The van der Waals surface area contributed by atoms with E-state index in [9.17, 15) is 32.4 Å². The number of allylic oxidation sites excluding steroid dienone is 1. The number of hydrogen-bond acceptors (Lipinski definition) is 7. The first-order chi connectivity index (χ1) is 24.1. The molecule has 2 N–H and O–H groups in total. The lowest BCUT2D eigenvalue weighted by Crippen LogP contribution is -2.62. The smallest absolute Gasteiger partial charge is 0.315 e. The van der Waals surface area contributed by atoms with Crippen LogP contribution in [0.25, 0.3) is 0 Å². The third kappa shape index (κ3) is 10.1. The monoisotopic (exact) mass is 727 g/mol. The van der Waals surface area contributed by atoms with E-state index in [1.165, 1.54) is 0 Å². The van der Waals surface area contributed by atoms with Crippen molar-refractivity contribution in [3.05, 3.63) is 12.7 Å². The summed E-state index contributed by atoms with van der Waals surface area (Å²) in [5.74, 6) is -0.173. The summed E-state index contributed by atoms with van der Waals surface area (Å²) in [6, 6.07) is -2.17. The van der Waals surface area contributed by atoms with Gasteiger partial charge in [-0.05, 0) is 89.9 Å². The van der Waals surface area contributed by atoms with Crippen molar-refractivity contribution in [1.29, 1.82) is 0 Å². The Labute approximate surface area is 306 Å². The van der Waals surface area contributed by atoms with E-state index in [0.29, 0.717) is 25.8 Å². The molecule has 4 rings (SSSR count). The van der Waals surface area contributed by atoms with Crippen molar-refractivity contribution in [2.45, 2.75) is 159 Å². The van der Waals surface area contributed by atoms with Crippen LogP contribution < -0.4 is 10.6 Å². The summed E-state index contributed by atoms with van der Waals surface area (Å²) in [6.07, 6.45) is 18.5. The number of hydrogen-bond donors (Lipinski definition) is 2. The Balaban J connectivity index is 1.59. The summed E-state index contributed by atoms with van der Waals surface area (Å²) >= 11 is 0. The molecule has 0 radical (unpaired) electrons. The average Bonchev–Trinajstić information content (AvgIpc) is 3.69. The molecular formula is C40H61N3O7S. The van der Waals surface area contributed by atoms with Gasteiger partial charge in [0.2, 0.25) is 11.7 Å². The highest BCUT2D eigenvalue weighted by Crippen LogP contribution is 2.44. The molecule has 1 aliphatic heterocycles. The van der Waals surface area contributed by atoms with Crippen molar-refractivity contribution < 1.29 is 32.4 Å². The number of nitrogens with zero attached hydrogens (tertiary/aromatic N) is 1. The number of carbonyl (C=O) groups excluding carboxylic acids is 5. The molecule has 1 heterocycles. The third-order valence-electron chi connectivity index (χ3n) is 12.1. The number of fused-ring (bicyclic) bond motifs is 1. The van der Waals surface area contributed by atoms with Crippen molar-refractivity contribution in [3.63, 3.8) is 0 Å². The van der Waals surface area contributed by atoms with Gasteiger partial charge in [0.15, 0.2) is 21.4 Å². The number of nitrogens with one attached hydrogen (secondary N) is 2. The van der Waals surface area contributed by atoms with E-state index in [0.717, 1.165) is 70.6 Å². The van der Waals surface area contributed by atoms with Crippen LogP contribution in [0.1, 0.15) is 136 Å². The fraction of sp³-hybridized carbons (Fsp3) is 0.775. The SMILES string of the molecule is C#CCCC(CC(=O)[C@@H]1[C@H]2CCC[C@H]2CN1C(=O)[C@@H](NC(=O)NC1(CS(=O)(=O)C(C)(C)C)CCCCC1)C1CCCCC1)C(=O)C(=O)CCC=C. The summed E-state index contributed by atoms with van der Waals surface area (Å²) in [7, 11) is -3.55. The normalized spacial score (nSPS) is 24.8. The summed E-state index contributed by atoms with van der Waals surface area (Å²) in [5, 5.41) is 6.10. The van der Waals surface area contributed by atoms with Gasteiger partial charge >= 0.3 is 6.03 Å². The van der Waals surface area contributed by atoms with Gasteiger partial charge in [-0.2, -0.15) is 0 Å². The maximum atomic E-state index is 14.8. The van der Waals surface area contributed by atoms with Crippen molar-refractivity contribution in [2.24, 2.45) is 23.7 Å². The van der Waals surface area contributed by atoms with E-state index in [-0.39, 0.29) is 60.9 Å². The molecule has 0 bridgehead atoms. The number of likely N-dealkylation sites (tertiary alicyclic amines) is 1. The maximum absolute atomic E-state index is 14.8. The minimum absolute atomic E-state index is 0.0298. The Morgan fingerprint density at radius 3 is 2.27 bits per heavy atom. The Hall–Kier alpha value is -3.00. The van der Waals surface area contributed by atoms with Gasteiger partial charge in [0.05, 0.1) is 22.1 Å². The van der Waals surface area contributed by atoms with Crippen LogP contribution in [0, 0.1) is 36.0 Å². The molecule has 4 fully saturated rings. The highest BCUT2D eigenvalue weighted by Gasteiger charge is 2.52. The maximum Gasteiger partial charge on any atom is 0.315 e. The molecule has 11 heteroatoms. The molecule has 284 valence electrons. The second-order valence-corrected chi connectivity index (χ2v) is 19.4. The van der Waals surface area contributed by atoms with Crippen LogP contribution in [0.15, 0.2) is 12.7 Å². The molecule has 5 atom stereocenters. The van der Waals surface area contributed by atoms with Gasteiger partial charge in [-0.15, -0.1) is 18.9 Å². The van der Waals surface area contributed by atoms with Crippen LogP contribution in [-0.4, -0.2) is 77.3 Å². The number of terminal acetylenes is 1. The van der Waals surface area contributed by atoms with E-state index in [2.05, 4.69) is 23.1 Å². The molecule has 3 amide bonds. The lowest BCUT2D eigenvalue weighted by atomic mass is 9.82. The molecule has 0 aromatic rings. The first-order valence-corrected chi connectivity index (χ1v) is 21.0. The van der Waals surface area contributed by atoms with Crippen LogP contribution in [0.2, 0.25) is 0 Å². The summed E-state index contributed by atoms with van der Waals surface area (Å²) in [4.78, 5) is 70.6. The molecule has 1 saturated heterocycles. The number of Topliss-reactive ketones (excluding diaryl/α,β-unsaturated/α-hetero) is 3. The summed E-state index contributed by atoms with van der Waals surface area (Å²) in [6.45, 7) is 9.05. The number of amides is 3. The van der Waals surface area contributed by atoms with Gasteiger partial charge in [0, 0.05) is 31.7 Å². The fourth-order valence-corrected chi connectivity index (χ4v) is 10.6. The Morgan fingerprint density at radius 1 is 0.980 bits per heavy atom. The predicted octanol–water partition coefficient (Wildman–Crippen LogP) is 5.87. The Morgan fingerprint density at radius 2 is 1.65 bits per heavy atom. The Bertz CT molecular complexity index is 1450. The molecule has 4 aliphatic rings. The lowest BCUT2D eigenvalue weighted by Gasteiger charge is -2.41. The molecule has 0 aromatic carbocycles. The van der Waals surface area contributed by atoms with Crippen LogP contribution in [0.5, 0.6) is 0 Å². The summed E-state index contributed by atoms with van der Waals surface area (Å²) in [5.41, 5.74) is -0.930. The largest absolute Gasteiger partial charge is 0.332 e. The fourth-order valence-electron chi connectivity index (χ4n) is 9.04. The van der Waals surface area contributed by atoms with E-state index in [1.807, 2.05) is 0 Å². The van der Waals surface area contributed by atoms with Crippen molar-refractivity contribution >= 4 is 39.1 Å². The molecule has 1 unspecified atom stereocenters. The summed E-state index contributed by atoms with van der Waals surface area (Å²) < 4.78 is 25.8. The van der Waals surface area contributed by atoms with Gasteiger partial charge in [-0.25, -0.2) is 13.2 Å². The van der Waals surface area contributed by atoms with Gasteiger partial charge in [0.1, 0.15) is 6.04 Å². The number of carbonyl (C=O) groups is 5. The van der Waals surface area contributed by atoms with Crippen LogP contribution in [0.3, 0.4) is 0 Å². The van der Waals surface area contributed by atoms with Crippen molar-refractivity contribution in [1.82, 2.24) is 15.5 Å². The van der Waals surface area contributed by atoms with Crippen LogP contribution in [-0.2, 0) is 29.0 Å². The first-order valence-electron chi connectivity index (χ1n) is 19.4. The minimum Gasteiger partial charge on any atom is -0.332 e. The third-order valence-corrected chi connectivity index (χ3v) is 14.9. The quantitative estimate of drug-likeness (QED) is 0.115. The highest BCUT2D eigenvalue weighted by atomic mass is 32.2. The second-order valence-electron chi connectivity index (χ2n) is 16.7. The van der Waals surface area contributed by atoms with Gasteiger partial charge in [0.25, 0.3) is 0 Å². The molecular weight excluding hydrogens is 667 g/mol. The number of sulfone groups is 1. The zero-order valence-corrected chi connectivity index (χ0v) is 32.0. The highest BCUT2D eigenvalue weighted by molar-refractivity contribution is 7.92. The van der Waals surface area contributed by atoms with Crippen LogP contribution >= 0.6 is 0 Å². The minimum atomic E-state index is -3.55. The Kier molecular flexibility index (Phi) is 14.1. The second kappa shape index (κ2) is 17.7. The van der Waals surface area contributed by atoms with Crippen molar-refractivity contribution in [3.8, 4) is 12.3 Å². The van der Waals surface area contributed by atoms with E-state index >= 15 is 0 Å². The lowest BCUT2D eigenvalue weighted by molar-refractivity contribution is -0.143. The molecule has 3 aliphatic carbocycles. The number of ketones is 3. The standard InChI is InChI=1S/C40H61N3O7S/c1-6-8-17-29(36(46)32(44)22-9-7-2)25-33(45)35-31-21-16-20-30(31)26-43(35)37(47)34(28-18-12-10-13-19-28)41-38(48)42-40(23-14-11-15-24-40)27-51(49,50)39(3,4)5/h1,7,28-31,34-35H,2,8-27H2,3-5H3,(H2,41,42,48)/t29?,30-,31-,34-,35-/m0/s1. The predicted molar refractivity (Wildman–Crippen MR) is 198 cm³/mol. The van der Waals surface area contributed by atoms with Gasteiger partial charge < -0.3 is 15.5 Å². The van der Waals surface area contributed by atoms with E-state index in [1.54, 1.807) is 31.7 Å². The van der Waals surface area contributed by atoms with Gasteiger partial charge in [-0.1, -0.05) is 51.0 Å². The zero-order chi connectivity index (χ0) is 37.4. The van der Waals surface area contributed by atoms with Gasteiger partial charge in [-0.3, -0.25) is 19.2 Å². The molecule has 3 saturated carbocycles.